The number of nitrogens with zero attached hydrogens (tertiary/aromatic N) is 2. The number of fused-ring (bicyclic) bond motifs is 20. The molecule has 12 unspecified atom stereocenters. The molecule has 212 valence electrons. The first-order valence-electron chi connectivity index (χ1n) is 15.9. The van der Waals surface area contributed by atoms with E-state index in [2.05, 4.69) is 80.4 Å². The first-order valence-corrected chi connectivity index (χ1v) is 15.9. The maximum atomic E-state index is 5.48. The average molecular weight is 553 g/mol. The number of hydrogen-bond acceptors (Lipinski definition) is 6. The Morgan fingerprint density at radius 1 is 0.405 bits per heavy atom. The third kappa shape index (κ3) is 5.01. The van der Waals surface area contributed by atoms with Crippen LogP contribution >= 0.6 is 0 Å². The second-order valence-corrected chi connectivity index (χ2v) is 13.3. The van der Waals surface area contributed by atoms with Gasteiger partial charge in [0.1, 0.15) is 0 Å². The molecule has 3 saturated heterocycles. The van der Waals surface area contributed by atoms with Gasteiger partial charge in [0.25, 0.3) is 0 Å². The van der Waals surface area contributed by atoms with Crippen LogP contribution in [0.4, 0.5) is 0 Å². The molecule has 6 N–H and O–H groups in total. The van der Waals surface area contributed by atoms with Crippen molar-refractivity contribution in [1.29, 1.82) is 0 Å². The summed E-state index contributed by atoms with van der Waals surface area (Å²) in [4.78, 5) is 0. The Morgan fingerprint density at radius 2 is 0.667 bits per heavy atom. The molecule has 7 aliphatic rings. The maximum Gasteiger partial charge on any atom is 1.00 e. The monoisotopic (exact) mass is 552 g/mol. The maximum absolute atomic E-state index is 5.48. The number of nitrogens with one attached hydrogen (secondary N) is 6. The second kappa shape index (κ2) is 12.3. The zero-order chi connectivity index (χ0) is 26.2. The van der Waals surface area contributed by atoms with Gasteiger partial charge in [-0.1, -0.05) is 125 Å². The summed E-state index contributed by atoms with van der Waals surface area (Å²) in [5.41, 5.74) is 5.41. The molecule has 0 aromatic heterocycles. The Hall–Kier alpha value is -0.685. The fraction of sp³-hybridized carbons (Fsp3) is 0.625. The van der Waals surface area contributed by atoms with Crippen LogP contribution in [0.3, 0.4) is 0 Å². The van der Waals surface area contributed by atoms with Crippen LogP contribution in [0.2, 0.25) is 0 Å². The van der Waals surface area contributed by atoms with Gasteiger partial charge >= 0.3 is 37.7 Å². The SMILES string of the molecule is [Li+].[Li+].c1ccc2c(c1)C1NC2NC2[N-]C(NC3NC(NC4[N-]C(N1)C1CCCCC41)c1ccccc13)C1CCCCC21. The summed E-state index contributed by atoms with van der Waals surface area (Å²) in [6, 6.07) is 17.9. The van der Waals surface area contributed by atoms with E-state index in [9.17, 15) is 0 Å². The molecule has 2 aromatic rings. The van der Waals surface area contributed by atoms with Crippen molar-refractivity contribution in [1.82, 2.24) is 31.9 Å². The summed E-state index contributed by atoms with van der Waals surface area (Å²) >= 11 is 0. The first kappa shape index (κ1) is 30.0. The van der Waals surface area contributed by atoms with E-state index in [0.29, 0.717) is 23.7 Å². The van der Waals surface area contributed by atoms with Crippen LogP contribution < -0.4 is 69.6 Å². The Balaban J connectivity index is 0.00000144. The van der Waals surface area contributed by atoms with Gasteiger partial charge in [-0.2, -0.15) is 0 Å². The molecule has 42 heavy (non-hydrogen) atoms. The van der Waals surface area contributed by atoms with E-state index in [1.165, 1.54) is 73.6 Å². The van der Waals surface area contributed by atoms with E-state index in [-0.39, 0.29) is 87.0 Å². The molecule has 2 aromatic carbocycles. The molecule has 2 saturated carbocycles. The molecule has 10 heteroatoms. The van der Waals surface area contributed by atoms with Gasteiger partial charge in [-0.15, -0.1) is 0 Å². The predicted molar refractivity (Wildman–Crippen MR) is 155 cm³/mol. The smallest absolute Gasteiger partial charge is 0.632 e. The third-order valence-corrected chi connectivity index (χ3v) is 11.3. The largest absolute Gasteiger partial charge is 1.00 e. The molecular weight excluding hydrogens is 510 g/mol. The van der Waals surface area contributed by atoms with Crippen LogP contribution in [0, 0.1) is 23.7 Å². The standard InChI is InChI=1S/C32H42N8.2Li/c1-2-10-18-17(9-1)25-33-26(18)38-28-21-13-5-6-14-22(21)30(35-28)40-32-24-16-8-7-15-23(24)31(36-32)39-29-20-12-4-3-11-19(20)27(34-29)37-25;;/h1-2,7-10,15-16,19-22,25-33,36-40H,3-6,11-14H2;;/q-2;2*+1. The van der Waals surface area contributed by atoms with Crippen LogP contribution in [0.5, 0.6) is 0 Å². The van der Waals surface area contributed by atoms with Gasteiger partial charge < -0.3 is 31.9 Å². The van der Waals surface area contributed by atoms with Crippen molar-refractivity contribution in [3.8, 4) is 0 Å². The van der Waals surface area contributed by atoms with Gasteiger partial charge in [-0.25, -0.2) is 0 Å². The number of rotatable bonds is 0. The minimum Gasteiger partial charge on any atom is -0.632 e. The Bertz CT molecular complexity index is 1080. The molecule has 8 bridgehead atoms. The van der Waals surface area contributed by atoms with Crippen molar-refractivity contribution >= 4 is 0 Å². The van der Waals surface area contributed by atoms with Gasteiger partial charge in [0.15, 0.2) is 0 Å². The molecule has 9 rings (SSSR count). The van der Waals surface area contributed by atoms with E-state index in [0.717, 1.165) is 0 Å². The molecule has 8 nitrogen and oxygen atoms in total. The minimum absolute atomic E-state index is 0. The fourth-order valence-corrected chi connectivity index (χ4v) is 9.40. The van der Waals surface area contributed by atoms with Gasteiger partial charge in [-0.05, 0) is 45.9 Å². The molecule has 0 amide bonds. The Morgan fingerprint density at radius 3 is 0.929 bits per heavy atom. The summed E-state index contributed by atoms with van der Waals surface area (Å²) in [6.45, 7) is 0. The van der Waals surface area contributed by atoms with Crippen molar-refractivity contribution in [3.63, 3.8) is 0 Å². The van der Waals surface area contributed by atoms with Crippen LogP contribution in [-0.4, -0.2) is 24.7 Å². The molecular formula is C32H42Li2N8. The topological polar surface area (TPSA) is 100 Å². The molecule has 0 radical (unpaired) electrons. The van der Waals surface area contributed by atoms with Gasteiger partial charge in [-0.3, -0.25) is 10.6 Å². The van der Waals surface area contributed by atoms with Gasteiger partial charge in [0.2, 0.25) is 0 Å². The molecule has 0 spiro atoms. The van der Waals surface area contributed by atoms with Crippen molar-refractivity contribution in [2.24, 2.45) is 23.7 Å². The van der Waals surface area contributed by atoms with E-state index in [1.807, 2.05) is 0 Å². The quantitative estimate of drug-likeness (QED) is 0.227. The van der Waals surface area contributed by atoms with Crippen molar-refractivity contribution in [3.05, 3.63) is 81.4 Å². The van der Waals surface area contributed by atoms with E-state index < -0.39 is 0 Å². The van der Waals surface area contributed by atoms with Crippen LogP contribution in [0.15, 0.2) is 48.5 Å². The van der Waals surface area contributed by atoms with Crippen LogP contribution in [0.25, 0.3) is 10.6 Å². The molecule has 5 aliphatic heterocycles. The van der Waals surface area contributed by atoms with Crippen molar-refractivity contribution < 1.29 is 37.7 Å². The summed E-state index contributed by atoms with van der Waals surface area (Å²) in [7, 11) is 0. The minimum atomic E-state index is 0. The third-order valence-electron chi connectivity index (χ3n) is 11.3. The molecule has 5 heterocycles. The summed E-state index contributed by atoms with van der Waals surface area (Å²) in [6.07, 6.45) is 11.2. The summed E-state index contributed by atoms with van der Waals surface area (Å²) in [5.74, 6) is 2.29. The molecule has 2 aliphatic carbocycles. The fourth-order valence-electron chi connectivity index (χ4n) is 9.40. The summed E-state index contributed by atoms with van der Waals surface area (Å²) in [5, 5.41) is 34.9. The Kier molecular flexibility index (Phi) is 8.75. The second-order valence-electron chi connectivity index (χ2n) is 13.3. The van der Waals surface area contributed by atoms with E-state index >= 15 is 0 Å². The predicted octanol–water partition coefficient (Wildman–Crippen LogP) is -1.34. The number of hydrogen-bond donors (Lipinski definition) is 6. The van der Waals surface area contributed by atoms with E-state index in [1.54, 1.807) is 0 Å². The van der Waals surface area contributed by atoms with Crippen molar-refractivity contribution in [2.75, 3.05) is 0 Å². The van der Waals surface area contributed by atoms with Crippen LogP contribution in [0.1, 0.15) is 98.3 Å². The normalized spacial score (nSPS) is 43.2. The Labute approximate surface area is 274 Å². The summed E-state index contributed by atoms with van der Waals surface area (Å²) < 4.78 is 0. The zero-order valence-corrected chi connectivity index (χ0v) is 25.1. The average Bonchev–Trinajstić information content (AvgIpc) is 3.73. The van der Waals surface area contributed by atoms with Gasteiger partial charge in [0.05, 0.1) is 24.7 Å². The molecule has 5 fully saturated rings. The van der Waals surface area contributed by atoms with Crippen LogP contribution in [-0.2, 0) is 0 Å². The first-order chi connectivity index (χ1) is 19.8. The van der Waals surface area contributed by atoms with E-state index in [4.69, 9.17) is 10.6 Å². The van der Waals surface area contributed by atoms with Crippen molar-refractivity contribution in [2.45, 2.75) is 101 Å². The molecule has 12 atom stereocenters. The van der Waals surface area contributed by atoms with Gasteiger partial charge in [0, 0.05) is 0 Å². The zero-order valence-electron chi connectivity index (χ0n) is 25.1. The number of benzene rings is 2.